The Balaban J connectivity index is 0.792. The molecule has 4 aliphatic heterocycles. The SMILES string of the molecule is O=C1CCC(N2Cc3cc(N4CCN(CCCCCOc5ccc([C@@H]6c7ccc(O)cc7OCC6c6ccc(F)cc6)cc5F)CC4)ccc3C2=O)C(=O)N1. The topological polar surface area (TPSA) is 112 Å². The van der Waals surface area contributed by atoms with Crippen molar-refractivity contribution in [3.05, 3.63) is 118 Å². The van der Waals surface area contributed by atoms with E-state index in [9.17, 15) is 23.9 Å². The van der Waals surface area contributed by atoms with Crippen molar-refractivity contribution < 1.29 is 37.7 Å². The normalized spacial score (nSPS) is 21.2. The first-order valence-corrected chi connectivity index (χ1v) is 19.1. The van der Waals surface area contributed by atoms with E-state index in [1.54, 1.807) is 41.3 Å². The van der Waals surface area contributed by atoms with E-state index in [2.05, 4.69) is 21.2 Å². The summed E-state index contributed by atoms with van der Waals surface area (Å²) in [4.78, 5) is 43.4. The molecule has 10 nitrogen and oxygen atoms in total. The number of rotatable bonds is 11. The number of piperidine rings is 1. The van der Waals surface area contributed by atoms with Crippen LogP contribution >= 0.6 is 0 Å². The highest BCUT2D eigenvalue weighted by atomic mass is 19.1. The van der Waals surface area contributed by atoms with Gasteiger partial charge >= 0.3 is 0 Å². The Labute approximate surface area is 318 Å². The maximum atomic E-state index is 15.5. The van der Waals surface area contributed by atoms with Crippen molar-refractivity contribution >= 4 is 23.4 Å². The Morgan fingerprint density at radius 2 is 1.65 bits per heavy atom. The van der Waals surface area contributed by atoms with Crippen LogP contribution in [0.5, 0.6) is 17.2 Å². The van der Waals surface area contributed by atoms with Gasteiger partial charge in [-0.15, -0.1) is 0 Å². The largest absolute Gasteiger partial charge is 0.508 e. The maximum absolute atomic E-state index is 15.5. The number of carbonyl (C=O) groups excluding carboxylic acids is 3. The zero-order chi connectivity index (χ0) is 38.1. The number of unbranched alkanes of at least 4 members (excludes halogenated alkanes) is 2. The number of fused-ring (bicyclic) bond motifs is 2. The third kappa shape index (κ3) is 7.73. The number of imide groups is 1. The molecule has 286 valence electrons. The molecule has 2 unspecified atom stereocenters. The molecule has 55 heavy (non-hydrogen) atoms. The van der Waals surface area contributed by atoms with Crippen molar-refractivity contribution in [3.8, 4) is 17.2 Å². The number of carbonyl (C=O) groups is 3. The Morgan fingerprint density at radius 3 is 2.44 bits per heavy atom. The fraction of sp³-hybridized carbons (Fsp3) is 0.372. The lowest BCUT2D eigenvalue weighted by atomic mass is 9.76. The fourth-order valence-electron chi connectivity index (χ4n) is 8.42. The number of benzene rings is 4. The predicted octanol–water partition coefficient (Wildman–Crippen LogP) is 6.11. The number of nitrogens with zero attached hydrogens (tertiary/aromatic N) is 3. The molecule has 0 bridgehead atoms. The Hall–Kier alpha value is -5.49. The number of piperazine rings is 1. The summed E-state index contributed by atoms with van der Waals surface area (Å²) in [6.07, 6.45) is 3.34. The molecule has 0 radical (unpaired) electrons. The molecule has 0 aliphatic carbocycles. The van der Waals surface area contributed by atoms with Gasteiger partial charge in [-0.05, 0) is 97.4 Å². The molecule has 0 saturated carbocycles. The van der Waals surface area contributed by atoms with Crippen LogP contribution in [-0.4, -0.2) is 84.6 Å². The summed E-state index contributed by atoms with van der Waals surface area (Å²) in [6.45, 7) is 5.63. The molecular weight excluding hydrogens is 706 g/mol. The Morgan fingerprint density at radius 1 is 0.855 bits per heavy atom. The molecule has 0 aromatic heterocycles. The first-order valence-electron chi connectivity index (χ1n) is 19.1. The number of anilines is 1. The molecule has 2 N–H and O–H groups in total. The van der Waals surface area contributed by atoms with E-state index in [4.69, 9.17) is 9.47 Å². The van der Waals surface area contributed by atoms with E-state index >= 15 is 4.39 Å². The lowest BCUT2D eigenvalue weighted by Crippen LogP contribution is -2.52. The second-order valence-electron chi connectivity index (χ2n) is 14.8. The lowest BCUT2D eigenvalue weighted by Gasteiger charge is -2.36. The predicted molar refractivity (Wildman–Crippen MR) is 201 cm³/mol. The monoisotopic (exact) mass is 750 g/mol. The van der Waals surface area contributed by atoms with Gasteiger partial charge in [-0.3, -0.25) is 24.6 Å². The maximum Gasteiger partial charge on any atom is 0.255 e. The van der Waals surface area contributed by atoms with Crippen molar-refractivity contribution in [2.75, 3.05) is 50.8 Å². The van der Waals surface area contributed by atoms with E-state index in [0.717, 1.165) is 79.9 Å². The van der Waals surface area contributed by atoms with Gasteiger partial charge in [-0.25, -0.2) is 8.78 Å². The molecule has 3 amide bonds. The third-order valence-electron chi connectivity index (χ3n) is 11.4. The minimum absolute atomic E-state index is 0.0883. The van der Waals surface area contributed by atoms with E-state index < -0.39 is 17.8 Å². The number of amides is 3. The minimum atomic E-state index is -0.618. The average molecular weight is 751 g/mol. The number of aromatic hydroxyl groups is 1. The van der Waals surface area contributed by atoms with Crippen LogP contribution in [0.15, 0.2) is 78.9 Å². The van der Waals surface area contributed by atoms with E-state index in [0.29, 0.717) is 37.5 Å². The third-order valence-corrected chi connectivity index (χ3v) is 11.4. The van der Waals surface area contributed by atoms with Gasteiger partial charge in [-0.2, -0.15) is 0 Å². The van der Waals surface area contributed by atoms with Crippen LogP contribution in [0, 0.1) is 11.6 Å². The highest BCUT2D eigenvalue weighted by molar-refractivity contribution is 6.05. The Kier molecular flexibility index (Phi) is 10.4. The average Bonchev–Trinajstić information content (AvgIpc) is 3.51. The van der Waals surface area contributed by atoms with E-state index in [-0.39, 0.29) is 47.4 Å². The van der Waals surface area contributed by atoms with Crippen LogP contribution < -0.4 is 19.7 Å². The second kappa shape index (κ2) is 15.7. The van der Waals surface area contributed by atoms with Crippen LogP contribution in [0.25, 0.3) is 0 Å². The number of phenolic OH excluding ortho intramolecular Hbond substituents is 1. The first-order chi connectivity index (χ1) is 26.7. The number of halogens is 2. The molecule has 12 heteroatoms. The van der Waals surface area contributed by atoms with Gasteiger partial charge in [0.05, 0.1) is 13.2 Å². The van der Waals surface area contributed by atoms with Gasteiger partial charge in [0.2, 0.25) is 11.8 Å². The Bertz CT molecular complexity index is 2090. The minimum Gasteiger partial charge on any atom is -0.508 e. The number of hydrogen-bond donors (Lipinski definition) is 2. The van der Waals surface area contributed by atoms with Crippen LogP contribution in [0.3, 0.4) is 0 Å². The number of ether oxygens (including phenoxy) is 2. The number of nitrogens with one attached hydrogen (secondary N) is 1. The first kappa shape index (κ1) is 36.5. The molecular formula is C43H44F2N4O6. The molecule has 3 atom stereocenters. The van der Waals surface area contributed by atoms with Crippen LogP contribution in [0.2, 0.25) is 0 Å². The van der Waals surface area contributed by atoms with Gasteiger partial charge in [0.15, 0.2) is 11.6 Å². The van der Waals surface area contributed by atoms with E-state index in [1.807, 2.05) is 18.2 Å². The van der Waals surface area contributed by atoms with Crippen LogP contribution in [0.4, 0.5) is 14.5 Å². The van der Waals surface area contributed by atoms with Gasteiger partial charge < -0.3 is 24.4 Å². The molecule has 4 heterocycles. The van der Waals surface area contributed by atoms with Crippen molar-refractivity contribution in [1.82, 2.24) is 15.1 Å². The number of phenols is 1. The van der Waals surface area contributed by atoms with Crippen molar-refractivity contribution in [2.45, 2.75) is 56.5 Å². The summed E-state index contributed by atoms with van der Waals surface area (Å²) in [6, 6.07) is 21.6. The zero-order valence-corrected chi connectivity index (χ0v) is 30.5. The lowest BCUT2D eigenvalue weighted by molar-refractivity contribution is -0.136. The molecule has 2 saturated heterocycles. The molecule has 4 aromatic carbocycles. The van der Waals surface area contributed by atoms with Gasteiger partial charge in [0.1, 0.15) is 23.4 Å². The van der Waals surface area contributed by atoms with Gasteiger partial charge in [0.25, 0.3) is 5.91 Å². The molecule has 4 aromatic rings. The molecule has 0 spiro atoms. The quantitative estimate of drug-likeness (QED) is 0.140. The highest BCUT2D eigenvalue weighted by Crippen LogP contribution is 2.47. The number of hydrogen-bond acceptors (Lipinski definition) is 8. The second-order valence-corrected chi connectivity index (χ2v) is 14.8. The molecule has 8 rings (SSSR count). The summed E-state index contributed by atoms with van der Waals surface area (Å²) < 4.78 is 41.1. The van der Waals surface area contributed by atoms with Crippen molar-refractivity contribution in [1.29, 1.82) is 0 Å². The fourth-order valence-corrected chi connectivity index (χ4v) is 8.42. The van der Waals surface area contributed by atoms with Crippen molar-refractivity contribution in [3.63, 3.8) is 0 Å². The van der Waals surface area contributed by atoms with E-state index in [1.165, 1.54) is 18.2 Å². The summed E-state index contributed by atoms with van der Waals surface area (Å²) in [5.41, 5.74) is 5.06. The van der Waals surface area contributed by atoms with Crippen molar-refractivity contribution in [2.24, 2.45) is 0 Å². The smallest absolute Gasteiger partial charge is 0.255 e. The summed E-state index contributed by atoms with van der Waals surface area (Å²) in [5.74, 6) is -1.24. The summed E-state index contributed by atoms with van der Waals surface area (Å²) >= 11 is 0. The highest BCUT2D eigenvalue weighted by Gasteiger charge is 2.39. The molecule has 2 fully saturated rings. The van der Waals surface area contributed by atoms with Gasteiger partial charge in [-0.1, -0.05) is 24.3 Å². The summed E-state index contributed by atoms with van der Waals surface area (Å²) in [5, 5.41) is 12.4. The standard InChI is InChI=1S/C43H44F2N4O6/c44-30-7-4-27(5-8-30)35-26-55-39-24-32(50)10-12-34(39)41(35)28-6-14-38(36(45)23-28)54-21-3-1-2-16-47-17-19-48(20-18-47)31-9-11-33-29(22-31)25-49(43(33)53)37-13-15-40(51)46-42(37)52/h4-12,14,22-24,35,37,41,50H,1-3,13,15-21,25-26H2,(H,46,51,52)/t35?,37?,41-/m1/s1. The molecule has 4 aliphatic rings. The van der Waals surface area contributed by atoms with Crippen LogP contribution in [-0.2, 0) is 16.1 Å². The summed E-state index contributed by atoms with van der Waals surface area (Å²) in [7, 11) is 0. The van der Waals surface area contributed by atoms with Crippen LogP contribution in [0.1, 0.15) is 76.6 Å². The zero-order valence-electron chi connectivity index (χ0n) is 30.5. The van der Waals surface area contributed by atoms with Gasteiger partial charge in [0, 0.05) is 73.9 Å².